The SMILES string of the molecule is CCNC(=O)c1ccc(CNC(=O)c2c(C)nc(C(C)C)nc2SC)cc1. The maximum Gasteiger partial charge on any atom is 0.256 e. The number of hydrogen-bond acceptors (Lipinski definition) is 5. The minimum absolute atomic E-state index is 0.101. The van der Waals surface area contributed by atoms with E-state index in [1.165, 1.54) is 11.8 Å². The van der Waals surface area contributed by atoms with E-state index in [2.05, 4.69) is 20.6 Å². The van der Waals surface area contributed by atoms with Crippen molar-refractivity contribution in [2.75, 3.05) is 12.8 Å². The molecule has 0 radical (unpaired) electrons. The fourth-order valence-corrected chi connectivity index (χ4v) is 3.17. The number of hydrogen-bond donors (Lipinski definition) is 2. The van der Waals surface area contributed by atoms with Gasteiger partial charge in [-0.05, 0) is 37.8 Å². The van der Waals surface area contributed by atoms with Crippen LogP contribution in [0, 0.1) is 6.92 Å². The average Bonchev–Trinajstić information content (AvgIpc) is 2.65. The number of carbonyl (C=O) groups excluding carboxylic acids is 2. The normalized spacial score (nSPS) is 10.7. The van der Waals surface area contributed by atoms with Crippen molar-refractivity contribution in [3.05, 3.63) is 52.5 Å². The van der Waals surface area contributed by atoms with Crippen LogP contribution in [0.2, 0.25) is 0 Å². The monoisotopic (exact) mass is 386 g/mol. The summed E-state index contributed by atoms with van der Waals surface area (Å²) in [5.41, 5.74) is 2.72. The summed E-state index contributed by atoms with van der Waals surface area (Å²) in [5.74, 6) is 0.653. The highest BCUT2D eigenvalue weighted by Crippen LogP contribution is 2.23. The Kier molecular flexibility index (Phi) is 7.36. The van der Waals surface area contributed by atoms with Crippen LogP contribution in [0.4, 0.5) is 0 Å². The highest BCUT2D eigenvalue weighted by Gasteiger charge is 2.19. The Labute approximate surface area is 164 Å². The van der Waals surface area contributed by atoms with Crippen LogP contribution >= 0.6 is 11.8 Å². The first-order valence-corrected chi connectivity index (χ1v) is 10.2. The molecule has 0 bridgehead atoms. The molecular weight excluding hydrogens is 360 g/mol. The summed E-state index contributed by atoms with van der Waals surface area (Å²) in [5, 5.41) is 6.37. The topological polar surface area (TPSA) is 84.0 Å². The second-order valence-corrected chi connectivity index (χ2v) is 7.24. The zero-order valence-electron chi connectivity index (χ0n) is 16.4. The molecule has 6 nitrogen and oxygen atoms in total. The molecule has 0 unspecified atom stereocenters. The molecule has 0 aliphatic carbocycles. The summed E-state index contributed by atoms with van der Waals surface area (Å²) in [6.07, 6.45) is 1.91. The number of aryl methyl sites for hydroxylation is 1. The first kappa shape index (κ1) is 20.9. The van der Waals surface area contributed by atoms with Crippen LogP contribution in [-0.4, -0.2) is 34.6 Å². The van der Waals surface area contributed by atoms with Gasteiger partial charge in [0.15, 0.2) is 0 Å². The molecule has 0 saturated heterocycles. The number of aromatic nitrogens is 2. The standard InChI is InChI=1S/C20H26N4O2S/c1-6-21-18(25)15-9-7-14(8-10-15)11-22-19(26)16-13(4)23-17(12(2)3)24-20(16)27-5/h7-10,12H,6,11H2,1-5H3,(H,21,25)(H,22,26). The van der Waals surface area contributed by atoms with Gasteiger partial charge in [0.1, 0.15) is 10.9 Å². The van der Waals surface area contributed by atoms with Crippen molar-refractivity contribution < 1.29 is 9.59 Å². The third-order valence-electron chi connectivity index (χ3n) is 4.02. The van der Waals surface area contributed by atoms with Gasteiger partial charge in [-0.25, -0.2) is 9.97 Å². The van der Waals surface area contributed by atoms with Crippen molar-refractivity contribution in [3.8, 4) is 0 Å². The first-order valence-electron chi connectivity index (χ1n) is 8.95. The fourth-order valence-electron chi connectivity index (χ4n) is 2.54. The Morgan fingerprint density at radius 3 is 2.30 bits per heavy atom. The summed E-state index contributed by atoms with van der Waals surface area (Å²) in [7, 11) is 0. The van der Waals surface area contributed by atoms with Crippen LogP contribution in [0.3, 0.4) is 0 Å². The van der Waals surface area contributed by atoms with Crippen molar-refractivity contribution in [2.45, 2.75) is 45.2 Å². The van der Waals surface area contributed by atoms with E-state index in [1.807, 2.05) is 46.1 Å². The smallest absolute Gasteiger partial charge is 0.256 e. The van der Waals surface area contributed by atoms with Gasteiger partial charge in [-0.15, -0.1) is 11.8 Å². The maximum absolute atomic E-state index is 12.7. The second kappa shape index (κ2) is 9.50. The maximum atomic E-state index is 12.7. The van der Waals surface area contributed by atoms with Gasteiger partial charge in [-0.3, -0.25) is 9.59 Å². The van der Waals surface area contributed by atoms with Crippen LogP contribution in [-0.2, 0) is 6.54 Å². The van der Waals surface area contributed by atoms with Crippen molar-refractivity contribution in [2.24, 2.45) is 0 Å². The lowest BCUT2D eigenvalue weighted by Gasteiger charge is -2.13. The summed E-state index contributed by atoms with van der Waals surface area (Å²) in [6.45, 7) is 8.73. The van der Waals surface area contributed by atoms with Gasteiger partial charge in [-0.1, -0.05) is 26.0 Å². The van der Waals surface area contributed by atoms with Crippen molar-refractivity contribution in [1.82, 2.24) is 20.6 Å². The molecule has 1 heterocycles. The molecule has 1 aromatic carbocycles. The predicted molar refractivity (Wildman–Crippen MR) is 108 cm³/mol. The molecule has 7 heteroatoms. The van der Waals surface area contributed by atoms with Gasteiger partial charge in [0, 0.05) is 24.6 Å². The summed E-state index contributed by atoms with van der Waals surface area (Å²) < 4.78 is 0. The molecule has 27 heavy (non-hydrogen) atoms. The van der Waals surface area contributed by atoms with Gasteiger partial charge in [0.25, 0.3) is 11.8 Å². The summed E-state index contributed by atoms with van der Waals surface area (Å²) >= 11 is 1.44. The van der Waals surface area contributed by atoms with E-state index >= 15 is 0 Å². The van der Waals surface area contributed by atoms with E-state index in [0.29, 0.717) is 34.9 Å². The first-order chi connectivity index (χ1) is 12.9. The van der Waals surface area contributed by atoms with Crippen LogP contribution in [0.15, 0.2) is 29.3 Å². The van der Waals surface area contributed by atoms with Gasteiger partial charge >= 0.3 is 0 Å². The quantitative estimate of drug-likeness (QED) is 0.563. The van der Waals surface area contributed by atoms with Crippen LogP contribution in [0.25, 0.3) is 0 Å². The second-order valence-electron chi connectivity index (χ2n) is 6.45. The van der Waals surface area contributed by atoms with E-state index in [-0.39, 0.29) is 17.7 Å². The lowest BCUT2D eigenvalue weighted by Crippen LogP contribution is -2.26. The third-order valence-corrected chi connectivity index (χ3v) is 4.70. The van der Waals surface area contributed by atoms with E-state index in [9.17, 15) is 9.59 Å². The number of rotatable bonds is 7. The molecule has 2 N–H and O–H groups in total. The Morgan fingerprint density at radius 1 is 1.07 bits per heavy atom. The summed E-state index contributed by atoms with van der Waals surface area (Å²) in [6, 6.07) is 7.19. The molecule has 0 spiro atoms. The number of benzene rings is 1. The number of nitrogens with one attached hydrogen (secondary N) is 2. The van der Waals surface area contributed by atoms with Crippen molar-refractivity contribution in [1.29, 1.82) is 0 Å². The predicted octanol–water partition coefficient (Wildman–Crippen LogP) is 3.31. The van der Waals surface area contributed by atoms with E-state index in [1.54, 1.807) is 12.1 Å². The van der Waals surface area contributed by atoms with Crippen LogP contribution < -0.4 is 10.6 Å². The van der Waals surface area contributed by atoms with E-state index in [4.69, 9.17) is 0 Å². The molecular formula is C20H26N4O2S. The van der Waals surface area contributed by atoms with Crippen molar-refractivity contribution >= 4 is 23.6 Å². The van der Waals surface area contributed by atoms with Crippen LogP contribution in [0.1, 0.15) is 64.5 Å². The minimum Gasteiger partial charge on any atom is -0.352 e. The Balaban J connectivity index is 2.11. The Morgan fingerprint density at radius 2 is 1.74 bits per heavy atom. The fraction of sp³-hybridized carbons (Fsp3) is 0.400. The molecule has 0 fully saturated rings. The molecule has 0 saturated carbocycles. The third kappa shape index (κ3) is 5.29. The van der Waals surface area contributed by atoms with Crippen molar-refractivity contribution in [3.63, 3.8) is 0 Å². The van der Waals surface area contributed by atoms with Gasteiger partial charge in [0.2, 0.25) is 0 Å². The number of carbonyl (C=O) groups is 2. The van der Waals surface area contributed by atoms with Crippen LogP contribution in [0.5, 0.6) is 0 Å². The molecule has 0 aliphatic rings. The molecule has 2 aromatic rings. The molecule has 2 rings (SSSR count). The highest BCUT2D eigenvalue weighted by atomic mass is 32.2. The Hall–Kier alpha value is -2.41. The Bertz CT molecular complexity index is 819. The largest absolute Gasteiger partial charge is 0.352 e. The lowest BCUT2D eigenvalue weighted by molar-refractivity contribution is 0.0940. The molecule has 0 aliphatic heterocycles. The summed E-state index contributed by atoms with van der Waals surface area (Å²) in [4.78, 5) is 33.5. The molecule has 144 valence electrons. The number of nitrogens with zero attached hydrogens (tertiary/aromatic N) is 2. The zero-order chi connectivity index (χ0) is 20.0. The zero-order valence-corrected chi connectivity index (χ0v) is 17.2. The van der Waals surface area contributed by atoms with Gasteiger partial charge in [-0.2, -0.15) is 0 Å². The van der Waals surface area contributed by atoms with E-state index in [0.717, 1.165) is 11.4 Å². The minimum atomic E-state index is -0.194. The lowest BCUT2D eigenvalue weighted by atomic mass is 10.1. The number of thioether (sulfide) groups is 1. The molecule has 1 aromatic heterocycles. The average molecular weight is 387 g/mol. The van der Waals surface area contributed by atoms with Gasteiger partial charge in [0.05, 0.1) is 11.3 Å². The molecule has 2 amide bonds. The highest BCUT2D eigenvalue weighted by molar-refractivity contribution is 7.98. The van der Waals surface area contributed by atoms with E-state index < -0.39 is 0 Å². The number of amides is 2. The van der Waals surface area contributed by atoms with Gasteiger partial charge < -0.3 is 10.6 Å². The molecule has 0 atom stereocenters.